The standard InChI is InChI=1S/C14H20ClNO/c15-13-6-4-12(5-7-13)14(10-16)17-9-8-11-2-1-3-11/h4-7,11,14H,1-3,8-10,16H2. The normalized spacial score (nSPS) is 17.8. The van der Waals surface area contributed by atoms with Crippen molar-refractivity contribution < 1.29 is 4.74 Å². The Bertz CT molecular complexity index is 335. The van der Waals surface area contributed by atoms with E-state index in [1.54, 1.807) is 0 Å². The molecule has 2 rings (SSSR count). The van der Waals surface area contributed by atoms with Crippen molar-refractivity contribution in [2.75, 3.05) is 13.2 Å². The number of benzene rings is 1. The summed E-state index contributed by atoms with van der Waals surface area (Å²) < 4.78 is 5.86. The SMILES string of the molecule is NCC(OCCC1CCC1)c1ccc(Cl)cc1. The maximum Gasteiger partial charge on any atom is 0.0947 e. The van der Waals surface area contributed by atoms with Crippen molar-refractivity contribution in [3.8, 4) is 0 Å². The Morgan fingerprint density at radius 2 is 2.00 bits per heavy atom. The van der Waals surface area contributed by atoms with Crippen LogP contribution in [0.15, 0.2) is 24.3 Å². The molecule has 0 aliphatic heterocycles. The molecule has 2 N–H and O–H groups in total. The fraction of sp³-hybridized carbons (Fsp3) is 0.571. The summed E-state index contributed by atoms with van der Waals surface area (Å²) in [5, 5.41) is 0.749. The molecule has 3 heteroatoms. The van der Waals surface area contributed by atoms with Gasteiger partial charge in [0.2, 0.25) is 0 Å². The highest BCUT2D eigenvalue weighted by Crippen LogP contribution is 2.30. The monoisotopic (exact) mass is 253 g/mol. The first-order chi connectivity index (χ1) is 8.29. The van der Waals surface area contributed by atoms with Crippen LogP contribution in [0.2, 0.25) is 5.02 Å². The molecule has 1 aromatic rings. The van der Waals surface area contributed by atoms with Crippen LogP contribution in [0.4, 0.5) is 0 Å². The highest BCUT2D eigenvalue weighted by Gasteiger charge is 2.18. The molecule has 0 spiro atoms. The second-order valence-electron chi connectivity index (χ2n) is 4.73. The van der Waals surface area contributed by atoms with Gasteiger partial charge in [0.05, 0.1) is 6.10 Å². The lowest BCUT2D eigenvalue weighted by atomic mass is 9.83. The smallest absolute Gasteiger partial charge is 0.0947 e. The summed E-state index contributed by atoms with van der Waals surface area (Å²) in [6.45, 7) is 1.33. The number of halogens is 1. The first-order valence-corrected chi connectivity index (χ1v) is 6.74. The van der Waals surface area contributed by atoms with Gasteiger partial charge in [-0.2, -0.15) is 0 Å². The van der Waals surface area contributed by atoms with Crippen molar-refractivity contribution in [1.82, 2.24) is 0 Å². The van der Waals surface area contributed by atoms with Crippen molar-refractivity contribution in [3.63, 3.8) is 0 Å². The zero-order valence-corrected chi connectivity index (χ0v) is 10.8. The predicted molar refractivity (Wildman–Crippen MR) is 71.2 cm³/mol. The topological polar surface area (TPSA) is 35.2 Å². The van der Waals surface area contributed by atoms with Crippen molar-refractivity contribution in [3.05, 3.63) is 34.9 Å². The van der Waals surface area contributed by atoms with E-state index in [2.05, 4.69) is 0 Å². The minimum atomic E-state index is 0.00680. The fourth-order valence-electron chi connectivity index (χ4n) is 2.14. The summed E-state index contributed by atoms with van der Waals surface area (Å²) in [4.78, 5) is 0. The molecule has 0 bridgehead atoms. The van der Waals surface area contributed by atoms with Gasteiger partial charge in [0.25, 0.3) is 0 Å². The van der Waals surface area contributed by atoms with Gasteiger partial charge in [0, 0.05) is 18.2 Å². The van der Waals surface area contributed by atoms with E-state index in [9.17, 15) is 0 Å². The van der Waals surface area contributed by atoms with Gasteiger partial charge in [-0.05, 0) is 30.0 Å². The lowest BCUT2D eigenvalue weighted by Gasteiger charge is -2.26. The van der Waals surface area contributed by atoms with Crippen LogP contribution in [0, 0.1) is 5.92 Å². The Balaban J connectivity index is 1.80. The molecule has 17 heavy (non-hydrogen) atoms. The van der Waals surface area contributed by atoms with Crippen LogP contribution >= 0.6 is 11.6 Å². The van der Waals surface area contributed by atoms with Crippen LogP contribution in [0.5, 0.6) is 0 Å². The summed E-state index contributed by atoms with van der Waals surface area (Å²) in [7, 11) is 0. The third kappa shape index (κ3) is 3.70. The van der Waals surface area contributed by atoms with Gasteiger partial charge in [-0.15, -0.1) is 0 Å². The molecule has 1 atom stereocenters. The van der Waals surface area contributed by atoms with E-state index in [-0.39, 0.29) is 6.10 Å². The molecule has 1 aromatic carbocycles. The van der Waals surface area contributed by atoms with Crippen molar-refractivity contribution in [1.29, 1.82) is 0 Å². The van der Waals surface area contributed by atoms with Crippen LogP contribution in [0.25, 0.3) is 0 Å². The van der Waals surface area contributed by atoms with Crippen molar-refractivity contribution >= 4 is 11.6 Å². The Morgan fingerprint density at radius 3 is 2.53 bits per heavy atom. The van der Waals surface area contributed by atoms with Gasteiger partial charge in [-0.3, -0.25) is 0 Å². The molecule has 1 fully saturated rings. The third-order valence-electron chi connectivity index (χ3n) is 3.53. The fourth-order valence-corrected chi connectivity index (χ4v) is 2.26. The maximum atomic E-state index is 5.86. The summed E-state index contributed by atoms with van der Waals surface area (Å²) in [5.74, 6) is 0.888. The lowest BCUT2D eigenvalue weighted by molar-refractivity contribution is 0.0424. The molecule has 0 aromatic heterocycles. The van der Waals surface area contributed by atoms with E-state index in [1.165, 1.54) is 25.7 Å². The third-order valence-corrected chi connectivity index (χ3v) is 3.78. The van der Waals surface area contributed by atoms with Crippen LogP contribution in [0.1, 0.15) is 37.4 Å². The highest BCUT2D eigenvalue weighted by atomic mass is 35.5. The van der Waals surface area contributed by atoms with E-state index in [0.29, 0.717) is 6.54 Å². The number of nitrogens with two attached hydrogens (primary N) is 1. The van der Waals surface area contributed by atoms with Gasteiger partial charge in [0.15, 0.2) is 0 Å². The molecule has 0 saturated heterocycles. The van der Waals surface area contributed by atoms with E-state index >= 15 is 0 Å². The predicted octanol–water partition coefficient (Wildman–Crippen LogP) is 3.55. The quantitative estimate of drug-likeness (QED) is 0.842. The van der Waals surface area contributed by atoms with Crippen LogP contribution in [0.3, 0.4) is 0 Å². The molecular formula is C14H20ClNO. The molecule has 1 aliphatic carbocycles. The Labute approximate surface area is 108 Å². The molecule has 0 radical (unpaired) electrons. The number of hydrogen-bond acceptors (Lipinski definition) is 2. The van der Waals surface area contributed by atoms with Crippen LogP contribution < -0.4 is 5.73 Å². The lowest BCUT2D eigenvalue weighted by Crippen LogP contribution is -2.19. The Kier molecular flexibility index (Phi) is 4.84. The van der Waals surface area contributed by atoms with E-state index < -0.39 is 0 Å². The minimum absolute atomic E-state index is 0.00680. The van der Waals surface area contributed by atoms with Crippen LogP contribution in [-0.2, 0) is 4.74 Å². The van der Waals surface area contributed by atoms with Gasteiger partial charge in [-0.1, -0.05) is 43.0 Å². The minimum Gasteiger partial charge on any atom is -0.372 e. The molecule has 94 valence electrons. The first kappa shape index (κ1) is 12.9. The summed E-state index contributed by atoms with van der Waals surface area (Å²) >= 11 is 5.86. The van der Waals surface area contributed by atoms with E-state index in [4.69, 9.17) is 22.1 Å². The molecule has 0 amide bonds. The average Bonchev–Trinajstić information content (AvgIpc) is 2.29. The van der Waals surface area contributed by atoms with Crippen molar-refractivity contribution in [2.45, 2.75) is 31.8 Å². The molecule has 1 saturated carbocycles. The van der Waals surface area contributed by atoms with Gasteiger partial charge < -0.3 is 10.5 Å². The van der Waals surface area contributed by atoms with Gasteiger partial charge >= 0.3 is 0 Å². The molecule has 0 heterocycles. The Morgan fingerprint density at radius 1 is 1.29 bits per heavy atom. The molecular weight excluding hydrogens is 234 g/mol. The molecule has 1 unspecified atom stereocenters. The van der Waals surface area contributed by atoms with Crippen molar-refractivity contribution in [2.24, 2.45) is 11.7 Å². The second kappa shape index (κ2) is 6.39. The summed E-state index contributed by atoms with van der Waals surface area (Å²) in [6, 6.07) is 7.75. The zero-order valence-electron chi connectivity index (χ0n) is 10.1. The zero-order chi connectivity index (χ0) is 12.1. The van der Waals surface area contributed by atoms with E-state index in [1.807, 2.05) is 24.3 Å². The number of rotatable bonds is 6. The maximum absolute atomic E-state index is 5.86. The average molecular weight is 254 g/mol. The Hall–Kier alpha value is -0.570. The molecule has 2 nitrogen and oxygen atoms in total. The summed E-state index contributed by atoms with van der Waals surface area (Å²) in [5.41, 5.74) is 6.86. The molecule has 1 aliphatic rings. The highest BCUT2D eigenvalue weighted by molar-refractivity contribution is 6.30. The number of hydrogen-bond donors (Lipinski definition) is 1. The van der Waals surface area contributed by atoms with E-state index in [0.717, 1.165) is 23.1 Å². The number of ether oxygens (including phenoxy) is 1. The first-order valence-electron chi connectivity index (χ1n) is 6.36. The van der Waals surface area contributed by atoms with Crippen LogP contribution in [-0.4, -0.2) is 13.2 Å². The second-order valence-corrected chi connectivity index (χ2v) is 5.17. The largest absolute Gasteiger partial charge is 0.372 e. The van der Waals surface area contributed by atoms with Gasteiger partial charge in [-0.25, -0.2) is 0 Å². The van der Waals surface area contributed by atoms with Gasteiger partial charge in [0.1, 0.15) is 0 Å². The summed E-state index contributed by atoms with van der Waals surface area (Å²) in [6.07, 6.45) is 5.31.